The molecule has 2 aromatic rings. The molecule has 0 aliphatic carbocycles. The Morgan fingerprint density at radius 1 is 1.12 bits per heavy atom. The van der Waals surface area contributed by atoms with Crippen molar-refractivity contribution in [1.29, 1.82) is 0 Å². The average molecular weight is 280 g/mol. The Bertz CT molecular complexity index is 558. The van der Waals surface area contributed by atoms with Gasteiger partial charge in [-0.25, -0.2) is 0 Å². The molecule has 1 fully saturated rings. The fourth-order valence-electron chi connectivity index (χ4n) is 1.22. The number of nitrogens with zero attached hydrogens (tertiary/aromatic N) is 1. The second-order valence-corrected chi connectivity index (χ2v) is 4.12. The fraction of sp³-hybridized carbons (Fsp3) is 0. The van der Waals surface area contributed by atoms with Crippen LogP contribution in [0.3, 0.4) is 0 Å². The van der Waals surface area contributed by atoms with Crippen LogP contribution in [-0.4, -0.2) is 19.7 Å². The van der Waals surface area contributed by atoms with E-state index < -0.39 is 0 Å². The van der Waals surface area contributed by atoms with Gasteiger partial charge < -0.3 is 5.11 Å². The van der Waals surface area contributed by atoms with E-state index in [-0.39, 0.29) is 15.4 Å². The van der Waals surface area contributed by atoms with Gasteiger partial charge >= 0.3 is 39.5 Å². The van der Waals surface area contributed by atoms with Crippen molar-refractivity contribution in [1.82, 2.24) is 10.3 Å². The molecule has 5 nitrogen and oxygen atoms in total. The molecule has 91 valence electrons. The maximum Gasteiger partial charge on any atom is 0.141 e. The maximum absolute atomic E-state index is 9.74. The molecule has 1 saturated heterocycles. The van der Waals surface area contributed by atoms with Gasteiger partial charge in [0.1, 0.15) is 11.3 Å². The van der Waals surface area contributed by atoms with Crippen LogP contribution in [0.25, 0.3) is 10.9 Å². The van der Waals surface area contributed by atoms with E-state index in [4.69, 9.17) is 0 Å². The zero-order chi connectivity index (χ0) is 12.3. The molecule has 1 aliphatic rings. The first-order valence-electron chi connectivity index (χ1n) is 4.61. The van der Waals surface area contributed by atoms with E-state index in [1.165, 1.54) is 0 Å². The molecule has 0 saturated carbocycles. The third-order valence-electron chi connectivity index (χ3n) is 1.93. The van der Waals surface area contributed by atoms with Crippen LogP contribution >= 0.6 is 0 Å². The van der Waals surface area contributed by atoms with Crippen molar-refractivity contribution in [2.24, 2.45) is 0 Å². The summed E-state index contributed by atoms with van der Waals surface area (Å²) in [7, 11) is 0. The van der Waals surface area contributed by atoms with Crippen molar-refractivity contribution in [3.05, 3.63) is 36.5 Å². The standard InChI is InChI=1S/C9H7NO.C2HNO2.Cu/c11-8-5-1-3-7-4-2-6-10-9(7)8;4-1-3-2-5;/h1-6,11H;(H,3,4,5);. The van der Waals surface area contributed by atoms with Crippen LogP contribution in [-0.2, 0) is 15.0 Å². The summed E-state index contributed by atoms with van der Waals surface area (Å²) in [6.45, 7) is 0. The number of nitrogens with one attached hydrogen (secondary N) is 1. The quantitative estimate of drug-likeness (QED) is 0.722. The Balaban J connectivity index is 0.000000153. The van der Waals surface area contributed by atoms with Crippen molar-refractivity contribution in [3.63, 3.8) is 0 Å². The van der Waals surface area contributed by atoms with Gasteiger partial charge in [-0.15, -0.1) is 0 Å². The maximum atomic E-state index is 9.74. The van der Waals surface area contributed by atoms with Gasteiger partial charge in [0.15, 0.2) is 0 Å². The Labute approximate surface area is 103 Å². The minimum absolute atomic E-state index is 0.239. The fourth-order valence-corrected chi connectivity index (χ4v) is 1.57. The number of para-hydroxylation sites is 1. The molecule has 17 heavy (non-hydrogen) atoms. The smallest absolute Gasteiger partial charge is 0.141 e. The average Bonchev–Trinajstić information content (AvgIpc) is 2.29. The molecular weight excluding hydrogens is 272 g/mol. The largest absolute Gasteiger partial charge is 0.506 e. The first-order valence-corrected chi connectivity index (χ1v) is 5.56. The van der Waals surface area contributed by atoms with Gasteiger partial charge in [-0.2, -0.15) is 0 Å². The molecule has 0 bridgehead atoms. The number of hydrogen-bond donors (Lipinski definition) is 2. The molecule has 2 amide bonds. The summed E-state index contributed by atoms with van der Waals surface area (Å²) in [6, 6.07) is 9.13. The Kier molecular flexibility index (Phi) is 3.37. The van der Waals surface area contributed by atoms with Crippen LogP contribution in [0.4, 0.5) is 9.59 Å². The molecular formula is C11H8CuN2O3. The van der Waals surface area contributed by atoms with Crippen LogP contribution < -0.4 is 5.32 Å². The predicted octanol–water partition coefficient (Wildman–Crippen LogP) is 1.85. The monoisotopic (exact) mass is 279 g/mol. The van der Waals surface area contributed by atoms with E-state index in [1.807, 2.05) is 23.5 Å². The predicted molar refractivity (Wildman–Crippen MR) is 57.3 cm³/mol. The number of benzene rings is 1. The zero-order valence-corrected chi connectivity index (χ0v) is 9.42. The molecule has 1 aromatic carbocycles. The summed E-state index contributed by atoms with van der Waals surface area (Å²) in [6.07, 6.45) is 1.67. The number of carbonyl (C=O) groups excluding carboxylic acids is 2. The number of rotatable bonds is 0. The first kappa shape index (κ1) is 11.6. The molecule has 1 aromatic heterocycles. The van der Waals surface area contributed by atoms with Crippen molar-refractivity contribution in [2.45, 2.75) is 0 Å². The van der Waals surface area contributed by atoms with Gasteiger partial charge in [0.2, 0.25) is 0 Å². The summed E-state index contributed by atoms with van der Waals surface area (Å²) in [5, 5.41) is 12.3. The van der Waals surface area contributed by atoms with E-state index in [2.05, 4.69) is 4.98 Å². The molecule has 2 N–H and O–H groups in total. The number of aromatic hydroxyl groups is 1. The molecule has 0 atom stereocenters. The summed E-state index contributed by atoms with van der Waals surface area (Å²) in [4.78, 5) is 23.0. The first-order chi connectivity index (χ1) is 8.16. The number of hydrogen-bond acceptors (Lipinski definition) is 4. The number of pyridine rings is 1. The minimum Gasteiger partial charge on any atom is -0.506 e. The number of phenolic OH excluding ortho intramolecular Hbond substituents is 1. The third kappa shape index (κ3) is 2.81. The van der Waals surface area contributed by atoms with Gasteiger partial charge in [0, 0.05) is 11.6 Å². The van der Waals surface area contributed by atoms with E-state index in [1.54, 1.807) is 18.3 Å². The van der Waals surface area contributed by atoms with Crippen molar-refractivity contribution < 1.29 is 29.7 Å². The molecule has 0 spiro atoms. The van der Waals surface area contributed by atoms with Gasteiger partial charge in [0.25, 0.3) is 0 Å². The topological polar surface area (TPSA) is 79.3 Å². The van der Waals surface area contributed by atoms with Crippen LogP contribution in [0, 0.1) is 0 Å². The van der Waals surface area contributed by atoms with Crippen molar-refractivity contribution in [3.8, 4) is 5.75 Å². The minimum atomic E-state index is -0.260. The van der Waals surface area contributed by atoms with Crippen molar-refractivity contribution >= 4 is 20.5 Å². The van der Waals surface area contributed by atoms with Crippen molar-refractivity contribution in [2.75, 3.05) is 0 Å². The molecule has 0 radical (unpaired) electrons. The van der Waals surface area contributed by atoms with Crippen LogP contribution in [0.5, 0.6) is 5.75 Å². The van der Waals surface area contributed by atoms with Crippen LogP contribution in [0.1, 0.15) is 0 Å². The molecule has 3 rings (SSSR count). The number of aromatic nitrogens is 1. The third-order valence-corrected chi connectivity index (χ3v) is 2.59. The van der Waals surface area contributed by atoms with E-state index in [0.29, 0.717) is 5.52 Å². The summed E-state index contributed by atoms with van der Waals surface area (Å²) >= 11 is 0.771. The second kappa shape index (κ2) is 4.95. The number of phenols is 1. The Hall–Kier alpha value is -1.91. The Morgan fingerprint density at radius 2 is 1.76 bits per heavy atom. The van der Waals surface area contributed by atoms with Gasteiger partial charge in [-0.1, -0.05) is 18.2 Å². The van der Waals surface area contributed by atoms with Gasteiger partial charge in [-0.05, 0) is 12.1 Å². The van der Waals surface area contributed by atoms with E-state index in [9.17, 15) is 14.7 Å². The number of imide groups is 1. The van der Waals surface area contributed by atoms with Crippen LogP contribution in [0.2, 0.25) is 0 Å². The molecule has 1 aliphatic heterocycles. The zero-order valence-electron chi connectivity index (χ0n) is 8.48. The second-order valence-electron chi connectivity index (χ2n) is 3.03. The van der Waals surface area contributed by atoms with E-state index >= 15 is 0 Å². The summed E-state index contributed by atoms with van der Waals surface area (Å²) in [5.74, 6) is 0.239. The molecule has 0 unspecified atom stereocenters. The number of carbonyl (C=O) groups is 2. The number of amides is 2. The molecule has 2 heterocycles. The van der Waals surface area contributed by atoms with Gasteiger partial charge in [0.05, 0.1) is 0 Å². The number of fused-ring (bicyclic) bond motifs is 1. The van der Waals surface area contributed by atoms with E-state index in [0.717, 1.165) is 20.3 Å². The Morgan fingerprint density at radius 3 is 2.29 bits per heavy atom. The normalized spacial score (nSPS) is 13.9. The molecule has 6 heteroatoms. The summed E-state index contributed by atoms with van der Waals surface area (Å²) < 4.78 is 0. The van der Waals surface area contributed by atoms with Crippen LogP contribution in [0.15, 0.2) is 36.5 Å². The van der Waals surface area contributed by atoms with Gasteiger partial charge in [-0.3, -0.25) is 4.98 Å². The SMILES string of the molecule is O=[C]1N[C](=O)[Cu]1.Oc1cccc2cccnc12. The summed E-state index contributed by atoms with van der Waals surface area (Å²) in [5.41, 5.74) is 0.662.